The van der Waals surface area contributed by atoms with Crippen LogP contribution in [0.4, 0.5) is 4.79 Å². The van der Waals surface area contributed by atoms with Crippen molar-refractivity contribution in [3.63, 3.8) is 0 Å². The molecule has 0 saturated carbocycles. The predicted octanol–water partition coefficient (Wildman–Crippen LogP) is 2.40. The van der Waals surface area contributed by atoms with Gasteiger partial charge in [0.15, 0.2) is 0 Å². The molecule has 4 heteroatoms. The van der Waals surface area contributed by atoms with Crippen molar-refractivity contribution in [3.05, 3.63) is 35.9 Å². The third kappa shape index (κ3) is 4.24. The highest BCUT2D eigenvalue weighted by molar-refractivity contribution is 5.67. The molecule has 1 amide bonds. The fourth-order valence-corrected chi connectivity index (χ4v) is 2.14. The van der Waals surface area contributed by atoms with Gasteiger partial charge in [-0.05, 0) is 25.8 Å². The van der Waals surface area contributed by atoms with Crippen molar-refractivity contribution in [2.45, 2.75) is 32.4 Å². The van der Waals surface area contributed by atoms with E-state index in [2.05, 4.69) is 19.2 Å². The van der Waals surface area contributed by atoms with Crippen molar-refractivity contribution in [2.75, 3.05) is 19.6 Å². The summed E-state index contributed by atoms with van der Waals surface area (Å²) in [6, 6.07) is 9.76. The number of hydrogen-bond donors (Lipinski definition) is 1. The molecule has 0 unspecified atom stereocenters. The molecule has 104 valence electrons. The van der Waals surface area contributed by atoms with Crippen molar-refractivity contribution in [2.24, 2.45) is 0 Å². The minimum absolute atomic E-state index is 0.0917. The Hall–Kier alpha value is -1.55. The monoisotopic (exact) mass is 262 g/mol. The zero-order valence-corrected chi connectivity index (χ0v) is 11.7. The topological polar surface area (TPSA) is 41.6 Å². The molecule has 0 bridgehead atoms. The maximum atomic E-state index is 12.0. The minimum Gasteiger partial charge on any atom is -0.445 e. The normalized spacial score (nSPS) is 18.7. The quantitative estimate of drug-likeness (QED) is 0.890. The number of rotatable bonds is 2. The van der Waals surface area contributed by atoms with E-state index < -0.39 is 0 Å². The second-order valence-electron chi connectivity index (χ2n) is 5.59. The van der Waals surface area contributed by atoms with E-state index in [-0.39, 0.29) is 11.6 Å². The van der Waals surface area contributed by atoms with E-state index in [1.54, 1.807) is 4.90 Å². The molecule has 1 aromatic carbocycles. The van der Waals surface area contributed by atoms with Gasteiger partial charge in [-0.25, -0.2) is 4.79 Å². The molecule has 19 heavy (non-hydrogen) atoms. The molecule has 4 nitrogen and oxygen atoms in total. The first-order valence-electron chi connectivity index (χ1n) is 6.77. The van der Waals surface area contributed by atoms with Gasteiger partial charge >= 0.3 is 6.09 Å². The Bertz CT molecular complexity index is 417. The summed E-state index contributed by atoms with van der Waals surface area (Å²) in [5.74, 6) is 0. The second kappa shape index (κ2) is 6.06. The highest BCUT2D eigenvalue weighted by Crippen LogP contribution is 2.13. The van der Waals surface area contributed by atoms with Gasteiger partial charge in [0.25, 0.3) is 0 Å². The predicted molar refractivity (Wildman–Crippen MR) is 74.9 cm³/mol. The Balaban J connectivity index is 1.83. The Morgan fingerprint density at radius 2 is 2.05 bits per heavy atom. The number of carbonyl (C=O) groups is 1. The first-order valence-corrected chi connectivity index (χ1v) is 6.77. The van der Waals surface area contributed by atoms with Crippen LogP contribution < -0.4 is 5.32 Å². The van der Waals surface area contributed by atoms with Crippen molar-refractivity contribution in [1.29, 1.82) is 0 Å². The van der Waals surface area contributed by atoms with Gasteiger partial charge in [0.05, 0.1) is 0 Å². The minimum atomic E-state index is -0.219. The standard InChI is InChI=1S/C15H22N2O2/c1-15(2)8-10-17(11-9-16-15)14(18)19-12-13-6-4-3-5-7-13/h3-7,16H,8-12H2,1-2H3. The third-order valence-corrected chi connectivity index (χ3v) is 3.46. The van der Waals surface area contributed by atoms with Crippen molar-refractivity contribution in [1.82, 2.24) is 10.2 Å². The van der Waals surface area contributed by atoms with Crippen LogP contribution in [0, 0.1) is 0 Å². The molecular weight excluding hydrogens is 240 g/mol. The highest BCUT2D eigenvalue weighted by atomic mass is 16.6. The summed E-state index contributed by atoms with van der Waals surface area (Å²) in [7, 11) is 0. The van der Waals surface area contributed by atoms with Crippen molar-refractivity contribution < 1.29 is 9.53 Å². The van der Waals surface area contributed by atoms with E-state index in [0.29, 0.717) is 13.2 Å². The molecule has 1 N–H and O–H groups in total. The molecule has 0 spiro atoms. The lowest BCUT2D eigenvalue weighted by Gasteiger charge is -2.23. The molecule has 0 atom stereocenters. The molecule has 0 aliphatic carbocycles. The lowest BCUT2D eigenvalue weighted by Crippen LogP contribution is -2.39. The number of carbonyl (C=O) groups excluding carboxylic acids is 1. The zero-order valence-electron chi connectivity index (χ0n) is 11.7. The Morgan fingerprint density at radius 3 is 2.79 bits per heavy atom. The molecule has 0 radical (unpaired) electrons. The van der Waals surface area contributed by atoms with Crippen LogP contribution in [0.15, 0.2) is 30.3 Å². The van der Waals surface area contributed by atoms with E-state index in [0.717, 1.165) is 25.1 Å². The number of ether oxygens (including phenoxy) is 1. The Labute approximate surface area is 114 Å². The smallest absolute Gasteiger partial charge is 0.410 e. The van der Waals surface area contributed by atoms with E-state index in [4.69, 9.17) is 4.74 Å². The third-order valence-electron chi connectivity index (χ3n) is 3.46. The van der Waals surface area contributed by atoms with Crippen LogP contribution in [0.2, 0.25) is 0 Å². The average molecular weight is 262 g/mol. The van der Waals surface area contributed by atoms with Crippen LogP contribution in [0.25, 0.3) is 0 Å². The van der Waals surface area contributed by atoms with Gasteiger partial charge in [-0.1, -0.05) is 30.3 Å². The van der Waals surface area contributed by atoms with Gasteiger partial charge in [0.2, 0.25) is 0 Å². The summed E-state index contributed by atoms with van der Waals surface area (Å²) in [4.78, 5) is 13.8. The van der Waals surface area contributed by atoms with Gasteiger partial charge < -0.3 is 15.0 Å². The summed E-state index contributed by atoms with van der Waals surface area (Å²) in [5, 5.41) is 3.43. The molecule has 0 aromatic heterocycles. The summed E-state index contributed by atoms with van der Waals surface area (Å²) < 4.78 is 5.35. The summed E-state index contributed by atoms with van der Waals surface area (Å²) in [6.07, 6.45) is 0.719. The fourth-order valence-electron chi connectivity index (χ4n) is 2.14. The van der Waals surface area contributed by atoms with Gasteiger partial charge in [-0.2, -0.15) is 0 Å². The maximum Gasteiger partial charge on any atom is 0.410 e. The summed E-state index contributed by atoms with van der Waals surface area (Å²) in [5.41, 5.74) is 1.11. The Kier molecular flexibility index (Phi) is 4.43. The fraction of sp³-hybridized carbons (Fsp3) is 0.533. The van der Waals surface area contributed by atoms with Crippen LogP contribution >= 0.6 is 0 Å². The van der Waals surface area contributed by atoms with Gasteiger partial charge in [0.1, 0.15) is 6.61 Å². The van der Waals surface area contributed by atoms with Crippen LogP contribution in [-0.4, -0.2) is 36.2 Å². The van der Waals surface area contributed by atoms with Crippen molar-refractivity contribution in [3.8, 4) is 0 Å². The van der Waals surface area contributed by atoms with Crippen LogP contribution in [0.3, 0.4) is 0 Å². The first-order chi connectivity index (χ1) is 9.07. The number of hydrogen-bond acceptors (Lipinski definition) is 3. The summed E-state index contributed by atoms with van der Waals surface area (Å²) in [6.45, 7) is 6.92. The first kappa shape index (κ1) is 13.9. The highest BCUT2D eigenvalue weighted by Gasteiger charge is 2.25. The van der Waals surface area contributed by atoms with E-state index >= 15 is 0 Å². The van der Waals surface area contributed by atoms with Gasteiger partial charge in [-0.3, -0.25) is 0 Å². The molecular formula is C15H22N2O2. The Morgan fingerprint density at radius 1 is 1.32 bits per heavy atom. The number of amides is 1. The molecule has 1 aliphatic rings. The number of benzene rings is 1. The van der Waals surface area contributed by atoms with Crippen LogP contribution in [0.1, 0.15) is 25.8 Å². The molecule has 1 saturated heterocycles. The number of nitrogens with zero attached hydrogens (tertiary/aromatic N) is 1. The van der Waals surface area contributed by atoms with E-state index in [9.17, 15) is 4.79 Å². The van der Waals surface area contributed by atoms with Crippen LogP contribution in [0.5, 0.6) is 0 Å². The molecule has 1 fully saturated rings. The molecule has 1 heterocycles. The van der Waals surface area contributed by atoms with Crippen LogP contribution in [-0.2, 0) is 11.3 Å². The SMILES string of the molecule is CC1(C)CCN(C(=O)OCc2ccccc2)CCN1. The van der Waals surface area contributed by atoms with E-state index in [1.165, 1.54) is 0 Å². The average Bonchev–Trinajstić information content (AvgIpc) is 2.58. The second-order valence-corrected chi connectivity index (χ2v) is 5.59. The molecule has 2 rings (SSSR count). The lowest BCUT2D eigenvalue weighted by molar-refractivity contribution is 0.0979. The lowest BCUT2D eigenvalue weighted by atomic mass is 10.0. The van der Waals surface area contributed by atoms with E-state index in [1.807, 2.05) is 30.3 Å². The van der Waals surface area contributed by atoms with Gasteiger partial charge in [0, 0.05) is 25.2 Å². The largest absolute Gasteiger partial charge is 0.445 e. The molecule has 1 aromatic rings. The van der Waals surface area contributed by atoms with Gasteiger partial charge in [-0.15, -0.1) is 0 Å². The maximum absolute atomic E-state index is 12.0. The summed E-state index contributed by atoms with van der Waals surface area (Å²) >= 11 is 0. The zero-order chi connectivity index (χ0) is 13.7. The number of nitrogens with one attached hydrogen (secondary N) is 1. The van der Waals surface area contributed by atoms with Crippen molar-refractivity contribution >= 4 is 6.09 Å². The molecule has 1 aliphatic heterocycles.